The quantitative estimate of drug-likeness (QED) is 0.785. The molecule has 0 atom stereocenters. The highest BCUT2D eigenvalue weighted by Crippen LogP contribution is 2.25. The van der Waals surface area contributed by atoms with Crippen molar-refractivity contribution in [1.82, 2.24) is 9.78 Å². The predicted molar refractivity (Wildman–Crippen MR) is 66.0 cm³/mol. The number of carbonyl (C=O) groups excluding carboxylic acids is 1. The summed E-state index contributed by atoms with van der Waals surface area (Å²) >= 11 is 0. The lowest BCUT2D eigenvalue weighted by molar-refractivity contribution is 0.121. The Kier molecular flexibility index (Phi) is 2.56. The third-order valence-corrected chi connectivity index (χ3v) is 2.48. The Morgan fingerprint density at radius 1 is 1.42 bits per heavy atom. The summed E-state index contributed by atoms with van der Waals surface area (Å²) in [5.74, 6) is -0.633. The van der Waals surface area contributed by atoms with Gasteiger partial charge in [0, 0.05) is 4.11 Å². The first-order valence-electron chi connectivity index (χ1n) is 6.86. The number of benzene rings is 1. The van der Waals surface area contributed by atoms with Gasteiger partial charge in [-0.3, -0.25) is 0 Å². The fraction of sp³-hybridized carbons (Fsp3) is 0.231. The molecule has 0 unspecified atom stereocenters. The molecule has 0 aliphatic rings. The van der Waals surface area contributed by atoms with Crippen LogP contribution in [-0.2, 0) is 4.74 Å². The Labute approximate surface area is 113 Å². The number of hydrogen-bond acceptors (Lipinski definition) is 4. The molecule has 2 aromatic rings. The van der Waals surface area contributed by atoms with Gasteiger partial charge in [-0.25, -0.2) is 13.9 Å². The maximum Gasteiger partial charge on any atom is 0.513 e. The smallest absolute Gasteiger partial charge is 0.437 e. The lowest BCUT2D eigenvalue weighted by atomic mass is 10.3. The highest BCUT2D eigenvalue weighted by molar-refractivity contribution is 5.64. The summed E-state index contributed by atoms with van der Waals surface area (Å²) < 4.78 is 46.0. The molecule has 5 nitrogen and oxygen atoms in total. The number of hydrogen-bond donors (Lipinski definition) is 0. The number of carbonyl (C=O) groups is 1. The zero-order valence-electron chi connectivity index (χ0n) is 13.3. The SMILES string of the molecule is [2H]C([2H])([2H])c1nn(-c2ccc(F)cc2)c(C)c1OC(=O)OC. The van der Waals surface area contributed by atoms with E-state index in [1.165, 1.54) is 35.9 Å². The molecule has 19 heavy (non-hydrogen) atoms. The molecule has 0 bridgehead atoms. The van der Waals surface area contributed by atoms with E-state index in [4.69, 9.17) is 8.85 Å². The third-order valence-electron chi connectivity index (χ3n) is 2.48. The van der Waals surface area contributed by atoms with Crippen LogP contribution in [0.2, 0.25) is 0 Å². The molecule has 0 radical (unpaired) electrons. The van der Waals surface area contributed by atoms with Crippen molar-refractivity contribution in [3.05, 3.63) is 41.5 Å². The second kappa shape index (κ2) is 5.09. The minimum atomic E-state index is -2.58. The molecule has 0 fully saturated rings. The maximum atomic E-state index is 13.0. The molecule has 0 spiro atoms. The van der Waals surface area contributed by atoms with Crippen molar-refractivity contribution in [2.24, 2.45) is 0 Å². The van der Waals surface area contributed by atoms with Crippen LogP contribution in [-0.4, -0.2) is 23.0 Å². The van der Waals surface area contributed by atoms with Crippen LogP contribution in [0.4, 0.5) is 9.18 Å². The lowest BCUT2D eigenvalue weighted by Crippen LogP contribution is -2.08. The van der Waals surface area contributed by atoms with Crippen LogP contribution < -0.4 is 4.74 Å². The van der Waals surface area contributed by atoms with Crippen LogP contribution in [0.3, 0.4) is 0 Å². The minimum absolute atomic E-state index is 0.198. The number of ether oxygens (including phenoxy) is 2. The van der Waals surface area contributed by atoms with E-state index in [9.17, 15) is 9.18 Å². The molecular formula is C13H13FN2O3. The molecule has 0 amide bonds. The number of aromatic nitrogens is 2. The number of halogens is 1. The first-order chi connectivity index (χ1) is 10.2. The fourth-order valence-corrected chi connectivity index (χ4v) is 1.57. The topological polar surface area (TPSA) is 53.4 Å². The van der Waals surface area contributed by atoms with E-state index in [0.717, 1.165) is 7.11 Å². The van der Waals surface area contributed by atoms with Crippen LogP contribution in [0, 0.1) is 19.6 Å². The van der Waals surface area contributed by atoms with Crippen molar-refractivity contribution < 1.29 is 22.8 Å². The second-order valence-corrected chi connectivity index (χ2v) is 3.71. The van der Waals surface area contributed by atoms with Crippen molar-refractivity contribution in [1.29, 1.82) is 0 Å². The normalized spacial score (nSPS) is 13.3. The highest BCUT2D eigenvalue weighted by atomic mass is 19.1. The van der Waals surface area contributed by atoms with Crippen LogP contribution >= 0.6 is 0 Å². The standard InChI is InChI=1S/C13H13FN2O3/c1-8-12(19-13(17)18-3)9(2)16(15-8)11-6-4-10(14)5-7-11/h4-7H,1-3H3/i1D3. The molecule has 2 rings (SSSR count). The van der Waals surface area contributed by atoms with Gasteiger partial charge >= 0.3 is 6.16 Å². The van der Waals surface area contributed by atoms with Crippen molar-refractivity contribution >= 4 is 6.16 Å². The molecule has 0 saturated carbocycles. The molecule has 0 aliphatic carbocycles. The number of rotatable bonds is 2. The van der Waals surface area contributed by atoms with Gasteiger partial charge in [-0.05, 0) is 38.0 Å². The van der Waals surface area contributed by atoms with Crippen LogP contribution in [0.5, 0.6) is 5.75 Å². The zero-order chi connectivity index (χ0) is 16.5. The van der Waals surface area contributed by atoms with Crippen LogP contribution in [0.25, 0.3) is 5.69 Å². The number of nitrogens with zero attached hydrogens (tertiary/aromatic N) is 2. The van der Waals surface area contributed by atoms with E-state index < -0.39 is 18.8 Å². The average Bonchev–Trinajstić information content (AvgIpc) is 2.77. The molecule has 0 saturated heterocycles. The summed E-state index contributed by atoms with van der Waals surface area (Å²) in [5.41, 5.74) is 0.340. The molecular weight excluding hydrogens is 251 g/mol. The van der Waals surface area contributed by atoms with E-state index in [1.54, 1.807) is 0 Å². The lowest BCUT2D eigenvalue weighted by Gasteiger charge is -2.05. The van der Waals surface area contributed by atoms with Crippen molar-refractivity contribution in [3.63, 3.8) is 0 Å². The molecule has 6 heteroatoms. The molecule has 0 N–H and O–H groups in total. The molecule has 100 valence electrons. The van der Waals surface area contributed by atoms with Crippen LogP contribution in [0.15, 0.2) is 24.3 Å². The fourth-order valence-electron chi connectivity index (χ4n) is 1.57. The van der Waals surface area contributed by atoms with Gasteiger partial charge in [0.1, 0.15) is 11.5 Å². The average molecular weight is 267 g/mol. The Balaban J connectivity index is 2.57. The van der Waals surface area contributed by atoms with E-state index in [-0.39, 0.29) is 17.1 Å². The second-order valence-electron chi connectivity index (χ2n) is 3.71. The van der Waals surface area contributed by atoms with Gasteiger partial charge in [0.15, 0.2) is 5.75 Å². The molecule has 1 aromatic heterocycles. The summed E-state index contributed by atoms with van der Waals surface area (Å²) in [7, 11) is 1.11. The Bertz CT molecular complexity index is 696. The number of methoxy groups -OCH3 is 1. The van der Waals surface area contributed by atoms with Gasteiger partial charge in [0.2, 0.25) is 0 Å². The van der Waals surface area contributed by atoms with Gasteiger partial charge in [-0.15, -0.1) is 0 Å². The Hall–Kier alpha value is -2.37. The van der Waals surface area contributed by atoms with Gasteiger partial charge in [-0.1, -0.05) is 0 Å². The Morgan fingerprint density at radius 3 is 2.68 bits per heavy atom. The third kappa shape index (κ3) is 2.57. The Morgan fingerprint density at radius 2 is 2.11 bits per heavy atom. The molecule has 0 aliphatic heterocycles. The summed E-state index contributed by atoms with van der Waals surface area (Å²) in [5, 5.41) is 3.97. The van der Waals surface area contributed by atoms with Gasteiger partial charge < -0.3 is 9.47 Å². The van der Waals surface area contributed by atoms with Crippen molar-refractivity contribution in [2.45, 2.75) is 13.8 Å². The maximum absolute atomic E-state index is 13.0. The zero-order valence-corrected chi connectivity index (χ0v) is 10.3. The van der Waals surface area contributed by atoms with Gasteiger partial charge in [-0.2, -0.15) is 5.10 Å². The molecule has 1 aromatic carbocycles. The van der Waals surface area contributed by atoms with E-state index in [1.807, 2.05) is 0 Å². The van der Waals surface area contributed by atoms with E-state index in [2.05, 4.69) is 9.84 Å². The predicted octanol–water partition coefficient (Wildman–Crippen LogP) is 2.77. The minimum Gasteiger partial charge on any atom is -0.437 e. The number of aryl methyl sites for hydroxylation is 1. The first kappa shape index (κ1) is 9.55. The van der Waals surface area contributed by atoms with Crippen LogP contribution in [0.1, 0.15) is 15.5 Å². The highest BCUT2D eigenvalue weighted by Gasteiger charge is 2.17. The van der Waals surface area contributed by atoms with E-state index >= 15 is 0 Å². The van der Waals surface area contributed by atoms with Gasteiger partial charge in [0.05, 0.1) is 18.5 Å². The summed E-state index contributed by atoms with van der Waals surface area (Å²) in [6, 6.07) is 5.29. The summed E-state index contributed by atoms with van der Waals surface area (Å²) in [6.45, 7) is -1.05. The van der Waals surface area contributed by atoms with E-state index in [0.29, 0.717) is 5.69 Å². The first-order valence-corrected chi connectivity index (χ1v) is 5.36. The molecule has 1 heterocycles. The van der Waals surface area contributed by atoms with Crippen molar-refractivity contribution in [3.8, 4) is 11.4 Å². The van der Waals surface area contributed by atoms with Gasteiger partial charge in [0.25, 0.3) is 0 Å². The largest absolute Gasteiger partial charge is 0.513 e. The monoisotopic (exact) mass is 267 g/mol. The summed E-state index contributed by atoms with van der Waals surface area (Å²) in [6.07, 6.45) is -1.05. The summed E-state index contributed by atoms with van der Waals surface area (Å²) in [4.78, 5) is 11.3. The van der Waals surface area contributed by atoms with Crippen molar-refractivity contribution in [2.75, 3.05) is 7.11 Å².